The molecule has 0 saturated heterocycles. The second kappa shape index (κ2) is 47.5. The van der Waals surface area contributed by atoms with Gasteiger partial charge in [-0.15, -0.1) is 0 Å². The third-order valence-corrected chi connectivity index (χ3v) is 10.3. The number of carbonyl (C=O) groups excluding carboxylic acids is 3. The van der Waals surface area contributed by atoms with Crippen molar-refractivity contribution >= 4 is 17.9 Å². The Bertz CT molecular complexity index is 1130. The molecule has 0 aromatic rings. The van der Waals surface area contributed by atoms with Crippen LogP contribution in [0.4, 0.5) is 0 Å². The first-order chi connectivity index (χ1) is 29.0. The second-order valence-corrected chi connectivity index (χ2v) is 16.1. The lowest BCUT2D eigenvalue weighted by molar-refractivity contribution is -0.167. The van der Waals surface area contributed by atoms with Gasteiger partial charge in [0.05, 0.1) is 0 Å². The molecule has 6 heteroatoms. The van der Waals surface area contributed by atoms with Crippen molar-refractivity contribution in [3.05, 3.63) is 72.9 Å². The predicted molar refractivity (Wildman–Crippen MR) is 251 cm³/mol. The maximum absolute atomic E-state index is 12.7. The van der Waals surface area contributed by atoms with Gasteiger partial charge in [-0.2, -0.15) is 0 Å². The Hall–Kier alpha value is -3.15. The van der Waals surface area contributed by atoms with E-state index in [-0.39, 0.29) is 37.5 Å². The zero-order valence-electron chi connectivity index (χ0n) is 38.5. The maximum atomic E-state index is 12.7. The Balaban J connectivity index is 4.44. The van der Waals surface area contributed by atoms with E-state index >= 15 is 0 Å². The van der Waals surface area contributed by atoms with E-state index in [1.54, 1.807) is 0 Å². The van der Waals surface area contributed by atoms with Gasteiger partial charge in [0.1, 0.15) is 13.2 Å². The zero-order valence-corrected chi connectivity index (χ0v) is 38.5. The van der Waals surface area contributed by atoms with Crippen molar-refractivity contribution in [3.63, 3.8) is 0 Å². The summed E-state index contributed by atoms with van der Waals surface area (Å²) < 4.78 is 16.7. The molecule has 0 spiro atoms. The van der Waals surface area contributed by atoms with Crippen LogP contribution >= 0.6 is 0 Å². The smallest absolute Gasteiger partial charge is 0.306 e. The molecule has 0 amide bonds. The van der Waals surface area contributed by atoms with E-state index < -0.39 is 6.10 Å². The molecule has 0 saturated carbocycles. The Labute approximate surface area is 363 Å². The number of rotatable bonds is 43. The number of unbranched alkanes of at least 4 members (excludes halogenated alkanes) is 22. The minimum atomic E-state index is -0.800. The summed E-state index contributed by atoms with van der Waals surface area (Å²) in [6, 6.07) is 0. The monoisotopic (exact) mass is 823 g/mol. The summed E-state index contributed by atoms with van der Waals surface area (Å²) in [6.45, 7) is 6.44. The third-order valence-electron chi connectivity index (χ3n) is 10.3. The molecular weight excluding hydrogens is 733 g/mol. The SMILES string of the molecule is CC/C=C\C/C=C\C/C=C\CCCCC(=O)OC(COC(=O)CCCCCCC\C=C/C=C\C=C/CCCCCCC)COC(=O)CCCCCCCCCCCCC. The van der Waals surface area contributed by atoms with Crippen molar-refractivity contribution in [2.24, 2.45) is 0 Å². The van der Waals surface area contributed by atoms with E-state index in [0.717, 1.165) is 96.3 Å². The van der Waals surface area contributed by atoms with Gasteiger partial charge in [0, 0.05) is 19.3 Å². The molecule has 0 heterocycles. The Morgan fingerprint density at radius 3 is 1.20 bits per heavy atom. The fourth-order valence-corrected chi connectivity index (χ4v) is 6.57. The van der Waals surface area contributed by atoms with Gasteiger partial charge >= 0.3 is 17.9 Å². The lowest BCUT2D eigenvalue weighted by atomic mass is 10.1. The summed E-state index contributed by atoms with van der Waals surface area (Å²) in [4.78, 5) is 37.8. The normalized spacial score (nSPS) is 12.7. The van der Waals surface area contributed by atoms with Crippen LogP contribution < -0.4 is 0 Å². The molecule has 0 aliphatic heterocycles. The first kappa shape index (κ1) is 55.9. The summed E-state index contributed by atoms with van der Waals surface area (Å²) in [6.07, 6.45) is 58.9. The molecule has 0 aliphatic rings. The van der Waals surface area contributed by atoms with Crippen LogP contribution in [0.15, 0.2) is 72.9 Å². The van der Waals surface area contributed by atoms with Gasteiger partial charge in [0.2, 0.25) is 0 Å². The van der Waals surface area contributed by atoms with E-state index in [9.17, 15) is 14.4 Å². The molecule has 6 nitrogen and oxygen atoms in total. The number of allylic oxidation sites excluding steroid dienone is 12. The topological polar surface area (TPSA) is 78.9 Å². The lowest BCUT2D eigenvalue weighted by Gasteiger charge is -2.18. The van der Waals surface area contributed by atoms with Gasteiger partial charge < -0.3 is 14.2 Å². The van der Waals surface area contributed by atoms with Gasteiger partial charge in [-0.3, -0.25) is 14.4 Å². The van der Waals surface area contributed by atoms with Crippen molar-refractivity contribution in [2.75, 3.05) is 13.2 Å². The van der Waals surface area contributed by atoms with Crippen LogP contribution in [0.2, 0.25) is 0 Å². The quantitative estimate of drug-likeness (QED) is 0.0200. The Morgan fingerprint density at radius 2 is 0.729 bits per heavy atom. The van der Waals surface area contributed by atoms with Gasteiger partial charge in [-0.25, -0.2) is 0 Å². The maximum Gasteiger partial charge on any atom is 0.306 e. The van der Waals surface area contributed by atoms with E-state index in [2.05, 4.69) is 93.7 Å². The van der Waals surface area contributed by atoms with Gasteiger partial charge in [0.15, 0.2) is 6.10 Å². The van der Waals surface area contributed by atoms with E-state index in [0.29, 0.717) is 19.3 Å². The average Bonchev–Trinajstić information content (AvgIpc) is 3.23. The Morgan fingerprint density at radius 1 is 0.373 bits per heavy atom. The van der Waals surface area contributed by atoms with Gasteiger partial charge in [-0.1, -0.05) is 203 Å². The van der Waals surface area contributed by atoms with Crippen molar-refractivity contribution in [1.29, 1.82) is 0 Å². The highest BCUT2D eigenvalue weighted by molar-refractivity contribution is 5.71. The molecule has 0 bridgehead atoms. The second-order valence-electron chi connectivity index (χ2n) is 16.1. The summed E-state index contributed by atoms with van der Waals surface area (Å²) in [5.74, 6) is -0.960. The number of hydrogen-bond acceptors (Lipinski definition) is 6. The van der Waals surface area contributed by atoms with Crippen LogP contribution in [0.5, 0.6) is 0 Å². The Kier molecular flexibility index (Phi) is 45.0. The number of ether oxygens (including phenoxy) is 3. The van der Waals surface area contributed by atoms with Gasteiger partial charge in [0.25, 0.3) is 0 Å². The number of carbonyl (C=O) groups is 3. The third kappa shape index (κ3) is 45.8. The molecule has 0 N–H and O–H groups in total. The molecule has 0 aromatic heterocycles. The first-order valence-electron chi connectivity index (χ1n) is 24.5. The minimum Gasteiger partial charge on any atom is -0.462 e. The van der Waals surface area contributed by atoms with Gasteiger partial charge in [-0.05, 0) is 77.0 Å². The average molecular weight is 823 g/mol. The van der Waals surface area contributed by atoms with Crippen LogP contribution in [0.1, 0.15) is 226 Å². The summed E-state index contributed by atoms with van der Waals surface area (Å²) >= 11 is 0. The van der Waals surface area contributed by atoms with Crippen LogP contribution in [0, 0.1) is 0 Å². The van der Waals surface area contributed by atoms with Crippen LogP contribution in [0.3, 0.4) is 0 Å². The highest BCUT2D eigenvalue weighted by Crippen LogP contribution is 2.14. The fourth-order valence-electron chi connectivity index (χ4n) is 6.57. The zero-order chi connectivity index (χ0) is 43.0. The standard InChI is InChI=1S/C53H90O6/c1-4-7-10-13-16-19-22-24-25-26-27-28-29-32-34-37-40-43-46-52(55)58-49-50(48-57-51(54)45-42-39-36-33-30-21-18-15-12-9-6-3)59-53(56)47-44-41-38-35-31-23-20-17-14-11-8-5-2/h8,11,17,20,22,24-28,31,35,50H,4-7,9-10,12-16,18-19,21,23,29-30,32-34,36-49H2,1-3H3/b11-8-,20-17-,24-22-,26-25-,28-27-,35-31-. The summed E-state index contributed by atoms with van der Waals surface area (Å²) in [5, 5.41) is 0. The van der Waals surface area contributed by atoms with Crippen molar-refractivity contribution in [1.82, 2.24) is 0 Å². The highest BCUT2D eigenvalue weighted by Gasteiger charge is 2.19. The molecule has 0 radical (unpaired) electrons. The van der Waals surface area contributed by atoms with Crippen molar-refractivity contribution in [3.8, 4) is 0 Å². The predicted octanol–water partition coefficient (Wildman–Crippen LogP) is 15.9. The number of hydrogen-bond donors (Lipinski definition) is 0. The highest BCUT2D eigenvalue weighted by atomic mass is 16.6. The van der Waals surface area contributed by atoms with Crippen LogP contribution in [-0.2, 0) is 28.6 Å². The number of esters is 3. The van der Waals surface area contributed by atoms with E-state index in [1.165, 1.54) is 83.5 Å². The summed E-state index contributed by atoms with van der Waals surface area (Å²) in [5.41, 5.74) is 0. The van der Waals surface area contributed by atoms with Crippen molar-refractivity contribution < 1.29 is 28.6 Å². The van der Waals surface area contributed by atoms with Crippen LogP contribution in [0.25, 0.3) is 0 Å². The largest absolute Gasteiger partial charge is 0.462 e. The minimum absolute atomic E-state index is 0.0967. The molecule has 0 fully saturated rings. The molecule has 1 atom stereocenters. The molecular formula is C53H90O6. The van der Waals surface area contributed by atoms with Crippen molar-refractivity contribution in [2.45, 2.75) is 232 Å². The molecule has 1 unspecified atom stereocenters. The lowest BCUT2D eigenvalue weighted by Crippen LogP contribution is -2.30. The summed E-state index contributed by atoms with van der Waals surface area (Å²) in [7, 11) is 0. The van der Waals surface area contributed by atoms with E-state index in [4.69, 9.17) is 14.2 Å². The molecule has 338 valence electrons. The molecule has 59 heavy (non-hydrogen) atoms. The molecule has 0 aliphatic carbocycles. The van der Waals surface area contributed by atoms with E-state index in [1.807, 2.05) is 0 Å². The molecule has 0 rings (SSSR count). The van der Waals surface area contributed by atoms with Crippen LogP contribution in [-0.4, -0.2) is 37.2 Å². The fraction of sp³-hybridized carbons (Fsp3) is 0.717. The molecule has 0 aromatic carbocycles. The first-order valence-corrected chi connectivity index (χ1v) is 24.5.